The molecule has 2 saturated heterocycles. The maximum Gasteiger partial charge on any atom is 0.311 e. The van der Waals surface area contributed by atoms with Crippen LogP contribution in [0.5, 0.6) is 0 Å². The van der Waals surface area contributed by atoms with Gasteiger partial charge in [-0.25, -0.2) is 4.98 Å². The van der Waals surface area contributed by atoms with E-state index >= 15 is 0 Å². The number of nitrogens with one attached hydrogen (secondary N) is 1. The van der Waals surface area contributed by atoms with Crippen LogP contribution in [0.4, 0.5) is 17.3 Å². The highest BCUT2D eigenvalue weighted by atomic mass is 16.6. The number of morpholine rings is 1. The lowest BCUT2D eigenvalue weighted by atomic mass is 10.3. The fourth-order valence-electron chi connectivity index (χ4n) is 3.09. The number of piperazine rings is 1. The van der Waals surface area contributed by atoms with E-state index in [0.717, 1.165) is 64.8 Å². The molecule has 3 heterocycles. The summed E-state index contributed by atoms with van der Waals surface area (Å²) in [6.07, 6.45) is 0. The Morgan fingerprint density at radius 3 is 2.60 bits per heavy atom. The van der Waals surface area contributed by atoms with Crippen molar-refractivity contribution >= 4 is 17.3 Å². The number of nitro groups is 1. The van der Waals surface area contributed by atoms with Crippen LogP contribution >= 0.6 is 0 Å². The van der Waals surface area contributed by atoms with Gasteiger partial charge >= 0.3 is 5.69 Å². The number of nitrogens with zero attached hydrogens (tertiary/aromatic N) is 5. The van der Waals surface area contributed by atoms with Gasteiger partial charge in [0, 0.05) is 58.4 Å². The third-order valence-corrected chi connectivity index (χ3v) is 4.71. The molecular formula is C16H26N6O3. The predicted molar refractivity (Wildman–Crippen MR) is 96.4 cm³/mol. The number of likely N-dealkylation sites (N-methyl/N-ethyl adjacent to an activating group) is 1. The Balaban J connectivity index is 1.64. The normalized spacial score (nSPS) is 19.8. The van der Waals surface area contributed by atoms with E-state index in [4.69, 9.17) is 4.74 Å². The van der Waals surface area contributed by atoms with Gasteiger partial charge in [0.1, 0.15) is 5.82 Å². The Morgan fingerprint density at radius 2 is 1.92 bits per heavy atom. The van der Waals surface area contributed by atoms with E-state index in [2.05, 4.69) is 32.0 Å². The largest absolute Gasteiger partial charge is 0.379 e. The second-order valence-electron chi connectivity index (χ2n) is 6.47. The third kappa shape index (κ3) is 4.77. The van der Waals surface area contributed by atoms with Crippen LogP contribution in [0.25, 0.3) is 0 Å². The van der Waals surface area contributed by atoms with E-state index in [0.29, 0.717) is 12.4 Å². The molecule has 0 radical (unpaired) electrons. The van der Waals surface area contributed by atoms with Crippen LogP contribution in [-0.4, -0.2) is 92.3 Å². The molecule has 138 valence electrons. The summed E-state index contributed by atoms with van der Waals surface area (Å²) in [6.45, 7) is 8.45. The first kappa shape index (κ1) is 17.8. The van der Waals surface area contributed by atoms with Crippen LogP contribution in [0.2, 0.25) is 0 Å². The second kappa shape index (κ2) is 8.41. The first-order chi connectivity index (χ1) is 12.1. The average Bonchev–Trinajstić information content (AvgIpc) is 2.63. The number of hydrogen-bond donors (Lipinski definition) is 1. The molecule has 1 aromatic rings. The van der Waals surface area contributed by atoms with E-state index < -0.39 is 0 Å². The van der Waals surface area contributed by atoms with Gasteiger partial charge in [-0.2, -0.15) is 0 Å². The minimum absolute atomic E-state index is 0.0276. The molecule has 0 saturated carbocycles. The van der Waals surface area contributed by atoms with Crippen LogP contribution in [-0.2, 0) is 4.74 Å². The lowest BCUT2D eigenvalue weighted by molar-refractivity contribution is -0.384. The number of anilines is 2. The first-order valence-corrected chi connectivity index (χ1v) is 8.76. The number of rotatable bonds is 6. The topological polar surface area (TPSA) is 87.0 Å². The van der Waals surface area contributed by atoms with Crippen molar-refractivity contribution in [3.8, 4) is 0 Å². The average molecular weight is 350 g/mol. The molecule has 0 atom stereocenters. The molecule has 2 aliphatic rings. The highest BCUT2D eigenvalue weighted by molar-refractivity contribution is 5.61. The molecule has 3 rings (SSSR count). The molecule has 2 aliphatic heterocycles. The van der Waals surface area contributed by atoms with Crippen molar-refractivity contribution in [2.24, 2.45) is 0 Å². The monoisotopic (exact) mass is 350 g/mol. The summed E-state index contributed by atoms with van der Waals surface area (Å²) < 4.78 is 5.33. The zero-order chi connectivity index (χ0) is 17.6. The number of ether oxygens (including phenoxy) is 1. The van der Waals surface area contributed by atoms with Crippen molar-refractivity contribution in [3.05, 3.63) is 22.2 Å². The van der Waals surface area contributed by atoms with Gasteiger partial charge in [0.25, 0.3) is 0 Å². The Bertz CT molecular complexity index is 585. The summed E-state index contributed by atoms with van der Waals surface area (Å²) in [7, 11) is 2.10. The highest BCUT2D eigenvalue weighted by Crippen LogP contribution is 2.26. The van der Waals surface area contributed by atoms with Gasteiger partial charge in [0.15, 0.2) is 0 Å². The maximum absolute atomic E-state index is 11.3. The molecule has 9 heteroatoms. The summed E-state index contributed by atoms with van der Waals surface area (Å²) in [5, 5.41) is 14.5. The predicted octanol–water partition coefficient (Wildman–Crippen LogP) is 0.486. The fraction of sp³-hybridized carbons (Fsp3) is 0.688. The van der Waals surface area contributed by atoms with E-state index in [1.165, 1.54) is 0 Å². The van der Waals surface area contributed by atoms with Gasteiger partial charge in [-0.05, 0) is 13.1 Å². The van der Waals surface area contributed by atoms with E-state index in [1.807, 2.05) is 0 Å². The van der Waals surface area contributed by atoms with Crippen LogP contribution in [0.15, 0.2) is 12.1 Å². The molecule has 0 aromatic carbocycles. The SMILES string of the molecule is CN1CCN(c2ccc([N+](=O)[O-])c(NCCN3CCOCC3)n2)CC1. The van der Waals surface area contributed by atoms with Gasteiger partial charge in [-0.1, -0.05) is 0 Å². The zero-order valence-electron chi connectivity index (χ0n) is 14.7. The molecule has 9 nitrogen and oxygen atoms in total. The van der Waals surface area contributed by atoms with Gasteiger partial charge in [-0.3, -0.25) is 15.0 Å². The minimum Gasteiger partial charge on any atom is -0.379 e. The van der Waals surface area contributed by atoms with E-state index in [-0.39, 0.29) is 10.6 Å². The molecular weight excluding hydrogens is 324 g/mol. The summed E-state index contributed by atoms with van der Waals surface area (Å²) in [4.78, 5) is 22.2. The fourth-order valence-corrected chi connectivity index (χ4v) is 3.09. The first-order valence-electron chi connectivity index (χ1n) is 8.76. The molecule has 25 heavy (non-hydrogen) atoms. The van der Waals surface area contributed by atoms with Crippen molar-refractivity contribution in [3.63, 3.8) is 0 Å². The molecule has 0 amide bonds. The number of hydrogen-bond acceptors (Lipinski definition) is 8. The Kier molecular flexibility index (Phi) is 6.00. The van der Waals surface area contributed by atoms with Crippen molar-refractivity contribution < 1.29 is 9.66 Å². The van der Waals surface area contributed by atoms with Crippen LogP contribution in [0.1, 0.15) is 0 Å². The van der Waals surface area contributed by atoms with E-state index in [1.54, 1.807) is 12.1 Å². The summed E-state index contributed by atoms with van der Waals surface area (Å²) >= 11 is 0. The summed E-state index contributed by atoms with van der Waals surface area (Å²) in [5.41, 5.74) is 0.0276. The van der Waals surface area contributed by atoms with Gasteiger partial charge in [0.05, 0.1) is 18.1 Å². The molecule has 0 spiro atoms. The van der Waals surface area contributed by atoms with Gasteiger partial charge in [-0.15, -0.1) is 0 Å². The lowest BCUT2D eigenvalue weighted by Gasteiger charge is -2.33. The Labute approximate surface area is 147 Å². The van der Waals surface area contributed by atoms with Crippen molar-refractivity contribution in [2.75, 3.05) is 82.8 Å². The van der Waals surface area contributed by atoms with Crippen molar-refractivity contribution in [1.29, 1.82) is 0 Å². The molecule has 0 bridgehead atoms. The molecule has 0 unspecified atom stereocenters. The second-order valence-corrected chi connectivity index (χ2v) is 6.47. The zero-order valence-corrected chi connectivity index (χ0v) is 14.7. The number of pyridine rings is 1. The minimum atomic E-state index is -0.377. The third-order valence-electron chi connectivity index (χ3n) is 4.71. The quantitative estimate of drug-likeness (QED) is 0.586. The van der Waals surface area contributed by atoms with E-state index in [9.17, 15) is 10.1 Å². The Morgan fingerprint density at radius 1 is 1.20 bits per heavy atom. The smallest absolute Gasteiger partial charge is 0.311 e. The Hall–Kier alpha value is -1.97. The molecule has 1 N–H and O–H groups in total. The van der Waals surface area contributed by atoms with Gasteiger partial charge < -0.3 is 19.9 Å². The lowest BCUT2D eigenvalue weighted by Crippen LogP contribution is -2.44. The van der Waals surface area contributed by atoms with Crippen molar-refractivity contribution in [1.82, 2.24) is 14.8 Å². The maximum atomic E-state index is 11.3. The van der Waals surface area contributed by atoms with Gasteiger partial charge in [0.2, 0.25) is 5.82 Å². The standard InChI is InChI=1S/C16H26N6O3/c1-19-6-8-21(9-7-19)15-3-2-14(22(23)24)16(18-15)17-4-5-20-10-12-25-13-11-20/h2-3H,4-13H2,1H3,(H,17,18). The van der Waals surface area contributed by atoms with Crippen LogP contribution < -0.4 is 10.2 Å². The highest BCUT2D eigenvalue weighted by Gasteiger charge is 2.21. The van der Waals surface area contributed by atoms with Crippen molar-refractivity contribution in [2.45, 2.75) is 0 Å². The van der Waals surface area contributed by atoms with Crippen LogP contribution in [0, 0.1) is 10.1 Å². The van der Waals surface area contributed by atoms with Crippen LogP contribution in [0.3, 0.4) is 0 Å². The number of aromatic nitrogens is 1. The molecule has 2 fully saturated rings. The molecule has 0 aliphatic carbocycles. The summed E-state index contributed by atoms with van der Waals surface area (Å²) in [5.74, 6) is 1.15. The molecule has 1 aromatic heterocycles. The summed E-state index contributed by atoms with van der Waals surface area (Å²) in [6, 6.07) is 3.30.